The van der Waals surface area contributed by atoms with Crippen molar-refractivity contribution in [2.75, 3.05) is 17.3 Å². The molecule has 3 aromatic rings. The molecule has 0 radical (unpaired) electrons. The Morgan fingerprint density at radius 3 is 2.44 bits per heavy atom. The van der Waals surface area contributed by atoms with E-state index >= 15 is 0 Å². The van der Waals surface area contributed by atoms with Crippen molar-refractivity contribution < 1.29 is 27.5 Å². The number of rotatable bonds is 10. The molecule has 2 aliphatic carbocycles. The largest absolute Gasteiger partial charge is 0.439 e. The van der Waals surface area contributed by atoms with E-state index in [1.807, 2.05) is 24.6 Å². The van der Waals surface area contributed by atoms with Gasteiger partial charge in [-0.2, -0.15) is 13.2 Å². The highest BCUT2D eigenvalue weighted by molar-refractivity contribution is 6.11. The van der Waals surface area contributed by atoms with Crippen molar-refractivity contribution in [1.82, 2.24) is 25.1 Å². The number of benzene rings is 1. The predicted octanol–water partition coefficient (Wildman–Crippen LogP) is 4.80. The van der Waals surface area contributed by atoms with Crippen LogP contribution in [0.15, 0.2) is 30.6 Å². The van der Waals surface area contributed by atoms with Gasteiger partial charge in [0.1, 0.15) is 23.8 Å². The molecule has 1 atom stereocenters. The van der Waals surface area contributed by atoms with Crippen LogP contribution >= 0.6 is 0 Å². The molecule has 2 saturated carbocycles. The highest BCUT2D eigenvalue weighted by Crippen LogP contribution is 2.49. The number of alkyl halides is 3. The maximum atomic E-state index is 14.5. The van der Waals surface area contributed by atoms with Crippen LogP contribution in [0.1, 0.15) is 90.1 Å². The molecule has 10 nitrogen and oxygen atoms in total. The average molecular weight is 598 g/mol. The molecule has 228 valence electrons. The van der Waals surface area contributed by atoms with Gasteiger partial charge in [-0.25, -0.2) is 4.98 Å². The van der Waals surface area contributed by atoms with Crippen molar-refractivity contribution in [3.8, 4) is 0 Å². The lowest BCUT2D eigenvalue weighted by Crippen LogP contribution is -2.47. The predicted molar refractivity (Wildman–Crippen MR) is 151 cm³/mol. The lowest BCUT2D eigenvalue weighted by atomic mass is 9.62. The van der Waals surface area contributed by atoms with Gasteiger partial charge >= 0.3 is 6.18 Å². The summed E-state index contributed by atoms with van der Waals surface area (Å²) in [4.78, 5) is 31.2. The first kappa shape index (κ1) is 29.1. The van der Waals surface area contributed by atoms with Crippen LogP contribution in [0.2, 0.25) is 0 Å². The molecule has 6 rings (SSSR count). The van der Waals surface area contributed by atoms with E-state index in [9.17, 15) is 22.8 Å². The number of anilines is 2. The SMILES string of the molecule is CNc1cc(C2(Cc3nncn3C)CCC2)cc(N2C(=O)c3cc(CNC4(C)CCC4)cc(C(F)(F)F)c3C2OC=O)n1. The number of hydrogen-bond acceptors (Lipinski definition) is 8. The number of halogens is 3. The molecule has 3 aliphatic rings. The van der Waals surface area contributed by atoms with Crippen LogP contribution in [0.3, 0.4) is 0 Å². The first-order valence-electron chi connectivity index (χ1n) is 14.4. The quantitative estimate of drug-likeness (QED) is 0.321. The van der Waals surface area contributed by atoms with Gasteiger partial charge in [0, 0.05) is 49.1 Å². The van der Waals surface area contributed by atoms with Gasteiger partial charge in [-0.1, -0.05) is 6.42 Å². The number of ether oxygens (including phenoxy) is 1. The first-order valence-corrected chi connectivity index (χ1v) is 14.4. The van der Waals surface area contributed by atoms with E-state index in [-0.39, 0.29) is 40.9 Å². The highest BCUT2D eigenvalue weighted by Gasteiger charge is 2.48. The number of carbonyl (C=O) groups excluding carboxylic acids is 2. The van der Waals surface area contributed by atoms with Crippen molar-refractivity contribution in [2.24, 2.45) is 7.05 Å². The van der Waals surface area contributed by atoms with Crippen LogP contribution in [0, 0.1) is 0 Å². The van der Waals surface area contributed by atoms with E-state index in [1.54, 1.807) is 19.4 Å². The maximum Gasteiger partial charge on any atom is 0.416 e. The third-order valence-corrected chi connectivity index (χ3v) is 9.38. The van der Waals surface area contributed by atoms with Gasteiger partial charge < -0.3 is 19.9 Å². The molecule has 2 N–H and O–H groups in total. The zero-order valence-corrected chi connectivity index (χ0v) is 24.3. The number of amides is 1. The number of pyridine rings is 1. The van der Waals surface area contributed by atoms with Gasteiger partial charge in [-0.15, -0.1) is 10.2 Å². The maximum absolute atomic E-state index is 14.5. The summed E-state index contributed by atoms with van der Waals surface area (Å²) >= 11 is 0. The van der Waals surface area contributed by atoms with Crippen molar-refractivity contribution in [3.63, 3.8) is 0 Å². The van der Waals surface area contributed by atoms with Crippen LogP contribution < -0.4 is 15.5 Å². The molecule has 43 heavy (non-hydrogen) atoms. The number of aryl methyl sites for hydroxylation is 1. The molecule has 0 bridgehead atoms. The first-order chi connectivity index (χ1) is 20.5. The van der Waals surface area contributed by atoms with Crippen molar-refractivity contribution in [1.29, 1.82) is 0 Å². The molecule has 2 fully saturated rings. The Morgan fingerprint density at radius 1 is 1.14 bits per heavy atom. The number of hydrogen-bond donors (Lipinski definition) is 2. The lowest BCUT2D eigenvalue weighted by molar-refractivity contribution is -0.142. The number of nitrogens with zero attached hydrogens (tertiary/aromatic N) is 5. The van der Waals surface area contributed by atoms with E-state index < -0.39 is 23.9 Å². The fraction of sp³-hybridized carbons (Fsp3) is 0.500. The Kier molecular flexibility index (Phi) is 7.18. The highest BCUT2D eigenvalue weighted by atomic mass is 19.4. The molecular formula is C30H34F3N7O3. The summed E-state index contributed by atoms with van der Waals surface area (Å²) < 4.78 is 50.7. The lowest BCUT2D eigenvalue weighted by Gasteiger charge is -2.42. The topological polar surface area (TPSA) is 114 Å². The van der Waals surface area contributed by atoms with Crippen molar-refractivity contribution in [2.45, 2.75) is 81.8 Å². The third-order valence-electron chi connectivity index (χ3n) is 9.38. The normalized spacial score (nSPS) is 20.3. The van der Waals surface area contributed by atoms with Crippen LogP contribution in [-0.4, -0.2) is 44.7 Å². The van der Waals surface area contributed by atoms with E-state index in [2.05, 4.69) is 25.8 Å². The molecule has 13 heteroatoms. The molecule has 1 unspecified atom stereocenters. The Balaban J connectivity index is 1.43. The van der Waals surface area contributed by atoms with Gasteiger partial charge in [0.15, 0.2) is 0 Å². The zero-order valence-electron chi connectivity index (χ0n) is 24.3. The van der Waals surface area contributed by atoms with Crippen LogP contribution in [0.25, 0.3) is 0 Å². The fourth-order valence-electron chi connectivity index (χ4n) is 6.48. The minimum Gasteiger partial charge on any atom is -0.439 e. The van der Waals surface area contributed by atoms with Gasteiger partial charge in [-0.05, 0) is 74.4 Å². The second kappa shape index (κ2) is 10.6. The van der Waals surface area contributed by atoms with Crippen LogP contribution in [0.4, 0.5) is 24.8 Å². The third kappa shape index (κ3) is 5.13. The minimum absolute atomic E-state index is 0.0669. The standard InChI is InChI=1S/C30H34F3N7O3/c1-28(6-4-7-28)35-15-18-10-20-25(21(11-18)30(31,32)33)27(43-17-41)40(26(20)42)23-13-19(12-22(34-2)37-23)29(8-5-9-29)14-24-38-36-16-39(24)3/h10-13,16-17,27,35H,4-9,14-15H2,1-3H3,(H,34,37). The fourth-order valence-corrected chi connectivity index (χ4v) is 6.48. The molecule has 1 aromatic carbocycles. The molecule has 0 spiro atoms. The van der Waals surface area contributed by atoms with E-state index in [0.717, 1.165) is 60.9 Å². The van der Waals surface area contributed by atoms with Crippen molar-refractivity contribution in [3.05, 3.63) is 64.2 Å². The zero-order chi connectivity index (χ0) is 30.6. The Hall–Kier alpha value is -4.00. The molecule has 3 heterocycles. The number of fused-ring (bicyclic) bond motifs is 1. The molecular weight excluding hydrogens is 563 g/mol. The number of nitrogens with one attached hydrogen (secondary N) is 2. The molecule has 2 aromatic heterocycles. The Labute approximate surface area is 247 Å². The van der Waals surface area contributed by atoms with E-state index in [4.69, 9.17) is 4.74 Å². The molecule has 1 aliphatic heterocycles. The molecule has 1 amide bonds. The van der Waals surface area contributed by atoms with Gasteiger partial charge in [0.05, 0.1) is 5.56 Å². The van der Waals surface area contributed by atoms with E-state index in [0.29, 0.717) is 17.8 Å². The summed E-state index contributed by atoms with van der Waals surface area (Å²) in [5, 5.41) is 14.6. The van der Waals surface area contributed by atoms with Gasteiger partial charge in [0.25, 0.3) is 12.4 Å². The number of aromatic nitrogens is 4. The molecule has 0 saturated heterocycles. The average Bonchev–Trinajstić information content (AvgIpc) is 3.46. The van der Waals surface area contributed by atoms with Crippen molar-refractivity contribution >= 4 is 24.0 Å². The monoisotopic (exact) mass is 597 g/mol. The second-order valence-electron chi connectivity index (χ2n) is 12.1. The van der Waals surface area contributed by atoms with Gasteiger partial charge in [0.2, 0.25) is 6.23 Å². The summed E-state index contributed by atoms with van der Waals surface area (Å²) in [5.41, 5.74) is -0.840. The van der Waals surface area contributed by atoms with Crippen LogP contribution in [-0.2, 0) is 41.1 Å². The summed E-state index contributed by atoms with van der Waals surface area (Å²) in [6.45, 7) is 2.27. The summed E-state index contributed by atoms with van der Waals surface area (Å²) in [7, 11) is 3.55. The van der Waals surface area contributed by atoms with Crippen LogP contribution in [0.5, 0.6) is 0 Å². The summed E-state index contributed by atoms with van der Waals surface area (Å²) in [6, 6.07) is 6.11. The minimum atomic E-state index is -4.79. The number of carbonyl (C=O) groups is 2. The smallest absolute Gasteiger partial charge is 0.416 e. The Bertz CT molecular complexity index is 1560. The summed E-state index contributed by atoms with van der Waals surface area (Å²) in [5.74, 6) is 0.600. The summed E-state index contributed by atoms with van der Waals surface area (Å²) in [6.07, 6.45) is 1.40. The van der Waals surface area contributed by atoms with Gasteiger partial charge in [-0.3, -0.25) is 14.5 Å². The second-order valence-corrected chi connectivity index (χ2v) is 12.1. The Morgan fingerprint density at radius 2 is 1.88 bits per heavy atom. The van der Waals surface area contributed by atoms with E-state index in [1.165, 1.54) is 6.07 Å².